The fraction of sp³-hybridized carbons (Fsp3) is 0.417. The number of nitrogens with zero attached hydrogens (tertiary/aromatic N) is 1. The molecule has 0 atom stereocenters. The van der Waals surface area contributed by atoms with Crippen molar-refractivity contribution in [3.63, 3.8) is 0 Å². The predicted molar refractivity (Wildman–Crippen MR) is 75.9 cm³/mol. The number of anilines is 1. The van der Waals surface area contributed by atoms with Crippen LogP contribution in [0.25, 0.3) is 0 Å². The Morgan fingerprint density at radius 3 is 2.52 bits per heavy atom. The number of benzene rings is 1. The molecule has 9 heteroatoms. The summed E-state index contributed by atoms with van der Waals surface area (Å²) in [6, 6.07) is 3.59. The number of carboxylic acid groups (broad SMARTS) is 1. The number of aromatic carboxylic acids is 1. The molecule has 1 rings (SSSR count). The molecule has 0 heterocycles. The second-order valence-corrected chi connectivity index (χ2v) is 5.79. The zero-order valence-corrected chi connectivity index (χ0v) is 12.3. The van der Waals surface area contributed by atoms with Gasteiger partial charge in [0.1, 0.15) is 0 Å². The van der Waals surface area contributed by atoms with Crippen molar-refractivity contribution in [2.75, 3.05) is 38.3 Å². The van der Waals surface area contributed by atoms with E-state index in [9.17, 15) is 18.3 Å². The molecular formula is C12H18N2O6S. The number of primary sulfonamides is 1. The third-order valence-electron chi connectivity index (χ3n) is 2.80. The van der Waals surface area contributed by atoms with Crippen LogP contribution in [0.5, 0.6) is 0 Å². The Labute approximate surface area is 122 Å². The van der Waals surface area contributed by atoms with E-state index in [0.717, 1.165) is 6.07 Å². The summed E-state index contributed by atoms with van der Waals surface area (Å²) < 4.78 is 27.5. The maximum atomic E-state index is 11.3. The van der Waals surface area contributed by atoms with Crippen molar-refractivity contribution in [1.29, 1.82) is 0 Å². The molecule has 21 heavy (non-hydrogen) atoms. The predicted octanol–water partition coefficient (Wildman–Crippen LogP) is -0.523. The lowest BCUT2D eigenvalue weighted by Crippen LogP contribution is -2.31. The summed E-state index contributed by atoms with van der Waals surface area (Å²) in [6.45, 7) is 0.695. The highest BCUT2D eigenvalue weighted by molar-refractivity contribution is 7.89. The second-order valence-electron chi connectivity index (χ2n) is 4.23. The van der Waals surface area contributed by atoms with E-state index in [0.29, 0.717) is 18.8 Å². The van der Waals surface area contributed by atoms with E-state index in [-0.39, 0.29) is 23.6 Å². The molecule has 0 bridgehead atoms. The quantitative estimate of drug-likeness (QED) is 0.587. The van der Waals surface area contributed by atoms with Crippen LogP contribution < -0.4 is 10.0 Å². The zero-order chi connectivity index (χ0) is 16.0. The van der Waals surface area contributed by atoms with Gasteiger partial charge in [-0.1, -0.05) is 0 Å². The minimum absolute atomic E-state index is 0.181. The first kappa shape index (κ1) is 17.4. The fourth-order valence-electron chi connectivity index (χ4n) is 1.81. The monoisotopic (exact) mass is 318 g/mol. The number of hydrogen-bond donors (Lipinski definition) is 3. The highest BCUT2D eigenvalue weighted by Crippen LogP contribution is 2.23. The normalized spacial score (nSPS) is 11.4. The van der Waals surface area contributed by atoms with E-state index >= 15 is 0 Å². The molecule has 0 aromatic heterocycles. The van der Waals surface area contributed by atoms with Crippen molar-refractivity contribution < 1.29 is 28.2 Å². The Balaban J connectivity index is 3.29. The number of carboxylic acids is 1. The Bertz CT molecular complexity index is 602. The first-order valence-corrected chi connectivity index (χ1v) is 7.60. The smallest absolute Gasteiger partial charge is 0.337 e. The number of rotatable bonds is 8. The lowest BCUT2D eigenvalue weighted by Gasteiger charge is -2.25. The summed E-state index contributed by atoms with van der Waals surface area (Å²) in [5, 5.41) is 23.3. The first-order valence-electron chi connectivity index (χ1n) is 6.06. The summed E-state index contributed by atoms with van der Waals surface area (Å²) in [5.41, 5.74) is 0.0899. The Morgan fingerprint density at radius 2 is 2.05 bits per heavy atom. The zero-order valence-electron chi connectivity index (χ0n) is 11.5. The molecule has 0 unspecified atom stereocenters. The lowest BCUT2D eigenvalue weighted by molar-refractivity contribution is 0.0697. The molecule has 0 saturated heterocycles. The largest absolute Gasteiger partial charge is 0.478 e. The molecule has 1 aromatic rings. The van der Waals surface area contributed by atoms with Gasteiger partial charge in [-0.25, -0.2) is 18.4 Å². The summed E-state index contributed by atoms with van der Waals surface area (Å²) >= 11 is 0. The van der Waals surface area contributed by atoms with Crippen LogP contribution in [0.1, 0.15) is 10.4 Å². The summed E-state index contributed by atoms with van der Waals surface area (Å²) in [7, 11) is -2.49. The molecule has 118 valence electrons. The number of ether oxygens (including phenoxy) is 1. The lowest BCUT2D eigenvalue weighted by atomic mass is 10.1. The third kappa shape index (κ3) is 4.67. The highest BCUT2D eigenvalue weighted by Gasteiger charge is 2.19. The van der Waals surface area contributed by atoms with Gasteiger partial charge in [0, 0.05) is 20.2 Å². The van der Waals surface area contributed by atoms with Crippen molar-refractivity contribution in [3.05, 3.63) is 23.8 Å². The standard InChI is InChI=1S/C12H18N2O6S/c1-20-7-5-14(4-6-15)11-3-2-9(21(13,18)19)8-10(11)12(16)17/h2-3,8,15H,4-7H2,1H3,(H,16,17)(H2,13,18,19). The SMILES string of the molecule is COCCN(CCO)c1ccc(S(N)(=O)=O)cc1C(=O)O. The van der Waals surface area contributed by atoms with Crippen molar-refractivity contribution in [1.82, 2.24) is 0 Å². The molecule has 4 N–H and O–H groups in total. The van der Waals surface area contributed by atoms with Crippen LogP contribution in [0.3, 0.4) is 0 Å². The molecule has 0 aliphatic heterocycles. The molecule has 1 aromatic carbocycles. The Hall–Kier alpha value is -1.68. The average molecular weight is 318 g/mol. The first-order chi connectivity index (χ1) is 9.81. The van der Waals surface area contributed by atoms with E-state index in [1.807, 2.05) is 0 Å². The maximum Gasteiger partial charge on any atom is 0.337 e. The van der Waals surface area contributed by atoms with Crippen molar-refractivity contribution >= 4 is 21.7 Å². The molecule has 0 saturated carbocycles. The number of hydrogen-bond acceptors (Lipinski definition) is 6. The molecule has 8 nitrogen and oxygen atoms in total. The molecule has 0 fully saturated rings. The van der Waals surface area contributed by atoms with Crippen LogP contribution in [0.15, 0.2) is 23.1 Å². The van der Waals surface area contributed by atoms with E-state index in [1.165, 1.54) is 19.2 Å². The van der Waals surface area contributed by atoms with Gasteiger partial charge >= 0.3 is 5.97 Å². The number of aliphatic hydroxyl groups excluding tert-OH is 1. The number of methoxy groups -OCH3 is 1. The van der Waals surface area contributed by atoms with Crippen LogP contribution in [0.2, 0.25) is 0 Å². The topological polar surface area (TPSA) is 130 Å². The second kappa shape index (κ2) is 7.36. The molecule has 0 aliphatic carbocycles. The Kier molecular flexibility index (Phi) is 6.09. The molecular weight excluding hydrogens is 300 g/mol. The number of sulfonamides is 1. The average Bonchev–Trinajstić information content (AvgIpc) is 2.41. The van der Waals surface area contributed by atoms with Crippen molar-refractivity contribution in [3.8, 4) is 0 Å². The van der Waals surface area contributed by atoms with Gasteiger partial charge in [-0.2, -0.15) is 0 Å². The van der Waals surface area contributed by atoms with Crippen LogP contribution in [0, 0.1) is 0 Å². The van der Waals surface area contributed by atoms with Crippen molar-refractivity contribution in [2.24, 2.45) is 5.14 Å². The minimum Gasteiger partial charge on any atom is -0.478 e. The summed E-state index contributed by atoms with van der Waals surface area (Å²) in [6.07, 6.45) is 0. The van der Waals surface area contributed by atoms with Gasteiger partial charge in [-0.3, -0.25) is 0 Å². The van der Waals surface area contributed by atoms with Gasteiger partial charge in [-0.05, 0) is 18.2 Å². The summed E-state index contributed by atoms with van der Waals surface area (Å²) in [5.74, 6) is -1.28. The van der Waals surface area contributed by atoms with Gasteiger partial charge in [0.2, 0.25) is 10.0 Å². The van der Waals surface area contributed by atoms with Gasteiger partial charge < -0.3 is 19.8 Å². The van der Waals surface area contributed by atoms with E-state index in [1.54, 1.807) is 4.90 Å². The van der Waals surface area contributed by atoms with Crippen LogP contribution in [0.4, 0.5) is 5.69 Å². The van der Waals surface area contributed by atoms with E-state index in [2.05, 4.69) is 0 Å². The van der Waals surface area contributed by atoms with Gasteiger partial charge in [0.05, 0.1) is 29.4 Å². The van der Waals surface area contributed by atoms with Gasteiger partial charge in [0.25, 0.3) is 0 Å². The molecule has 0 radical (unpaired) electrons. The fourth-order valence-corrected chi connectivity index (χ4v) is 2.35. The number of nitrogens with two attached hydrogens (primary N) is 1. The van der Waals surface area contributed by atoms with E-state index < -0.39 is 16.0 Å². The van der Waals surface area contributed by atoms with E-state index in [4.69, 9.17) is 15.0 Å². The molecule has 0 amide bonds. The highest BCUT2D eigenvalue weighted by atomic mass is 32.2. The summed E-state index contributed by atoms with van der Waals surface area (Å²) in [4.78, 5) is 12.6. The van der Waals surface area contributed by atoms with Crippen molar-refractivity contribution in [2.45, 2.75) is 4.90 Å². The maximum absolute atomic E-state index is 11.3. The van der Waals surface area contributed by atoms with Crippen LogP contribution in [-0.2, 0) is 14.8 Å². The van der Waals surface area contributed by atoms with Gasteiger partial charge in [0.15, 0.2) is 0 Å². The minimum atomic E-state index is -3.99. The van der Waals surface area contributed by atoms with Crippen LogP contribution in [-0.4, -0.2) is 58.0 Å². The molecule has 0 spiro atoms. The number of aliphatic hydroxyl groups is 1. The Morgan fingerprint density at radius 1 is 1.38 bits per heavy atom. The van der Waals surface area contributed by atoms with Crippen LogP contribution >= 0.6 is 0 Å². The number of carbonyl (C=O) groups is 1. The third-order valence-corrected chi connectivity index (χ3v) is 3.71. The van der Waals surface area contributed by atoms with Gasteiger partial charge in [-0.15, -0.1) is 0 Å². The molecule has 0 aliphatic rings.